The second-order valence-electron chi connectivity index (χ2n) is 3.49. The molecule has 2 heterocycles. The number of rotatable bonds is 4. The summed E-state index contributed by atoms with van der Waals surface area (Å²) in [6, 6.07) is 3.87. The average Bonchev–Trinajstić information content (AvgIpc) is 2.89. The maximum Gasteiger partial charge on any atom is 0.313 e. The Kier molecular flexibility index (Phi) is 3.58. The average molecular weight is 251 g/mol. The van der Waals surface area contributed by atoms with Crippen LogP contribution in [0.5, 0.6) is 0 Å². The zero-order chi connectivity index (χ0) is 12.3. The smallest absolute Gasteiger partial charge is 0.313 e. The monoisotopic (exact) mass is 251 g/mol. The number of thiophene rings is 1. The van der Waals surface area contributed by atoms with Crippen molar-refractivity contribution >= 4 is 17.3 Å². The summed E-state index contributed by atoms with van der Waals surface area (Å²) in [6.07, 6.45) is 0.137. The molecule has 0 aliphatic heterocycles. The molecule has 0 radical (unpaired) electrons. The fraction of sp³-hybridized carbons (Fsp3) is 0.333. The number of carbonyl (C=O) groups is 1. The third-order valence-electron chi connectivity index (χ3n) is 2.23. The molecule has 2 aromatic rings. The number of oxazole rings is 1. The highest BCUT2D eigenvalue weighted by Crippen LogP contribution is 2.26. The number of aromatic nitrogens is 1. The zero-order valence-electron chi connectivity index (χ0n) is 9.73. The molecule has 2 aromatic heterocycles. The molecule has 0 aliphatic carbocycles. The summed E-state index contributed by atoms with van der Waals surface area (Å²) in [5, 5.41) is 1.96. The number of carbonyl (C=O) groups excluding carboxylic acids is 1. The minimum Gasteiger partial charge on any atom is -0.466 e. The number of aryl methyl sites for hydroxylation is 1. The van der Waals surface area contributed by atoms with Gasteiger partial charge in [0.15, 0.2) is 0 Å². The van der Waals surface area contributed by atoms with E-state index in [9.17, 15) is 4.79 Å². The first kappa shape index (κ1) is 11.9. The van der Waals surface area contributed by atoms with Gasteiger partial charge in [-0.1, -0.05) is 6.07 Å². The first-order chi connectivity index (χ1) is 8.20. The van der Waals surface area contributed by atoms with Gasteiger partial charge in [0.25, 0.3) is 0 Å². The van der Waals surface area contributed by atoms with E-state index in [0.29, 0.717) is 18.3 Å². The van der Waals surface area contributed by atoms with E-state index in [2.05, 4.69) is 4.98 Å². The van der Waals surface area contributed by atoms with E-state index in [1.807, 2.05) is 24.4 Å². The third-order valence-corrected chi connectivity index (χ3v) is 3.09. The van der Waals surface area contributed by atoms with Crippen LogP contribution in [0.15, 0.2) is 21.9 Å². The molecule has 0 bridgehead atoms. The van der Waals surface area contributed by atoms with Crippen LogP contribution in [0, 0.1) is 6.92 Å². The Labute approximate surface area is 103 Å². The van der Waals surface area contributed by atoms with Gasteiger partial charge < -0.3 is 9.15 Å². The van der Waals surface area contributed by atoms with Crippen molar-refractivity contribution in [3.8, 4) is 10.8 Å². The summed E-state index contributed by atoms with van der Waals surface area (Å²) in [5.74, 6) is 0.855. The van der Waals surface area contributed by atoms with Crippen LogP contribution in [0.3, 0.4) is 0 Å². The first-order valence-corrected chi connectivity index (χ1v) is 6.24. The van der Waals surface area contributed by atoms with E-state index in [0.717, 1.165) is 10.6 Å². The molecule has 90 valence electrons. The third kappa shape index (κ3) is 2.74. The van der Waals surface area contributed by atoms with E-state index >= 15 is 0 Å². The normalized spacial score (nSPS) is 10.5. The van der Waals surface area contributed by atoms with Crippen LogP contribution in [0.1, 0.15) is 18.4 Å². The summed E-state index contributed by atoms with van der Waals surface area (Å²) in [6.45, 7) is 3.99. The highest BCUT2D eigenvalue weighted by Gasteiger charge is 2.15. The van der Waals surface area contributed by atoms with Gasteiger partial charge in [0.05, 0.1) is 17.2 Å². The van der Waals surface area contributed by atoms with E-state index in [4.69, 9.17) is 9.15 Å². The van der Waals surface area contributed by atoms with Crippen LogP contribution in [0.4, 0.5) is 0 Å². The molecular weight excluding hydrogens is 238 g/mol. The Morgan fingerprint density at radius 1 is 1.59 bits per heavy atom. The van der Waals surface area contributed by atoms with Gasteiger partial charge in [-0.25, -0.2) is 4.98 Å². The van der Waals surface area contributed by atoms with Crippen LogP contribution in [-0.2, 0) is 16.0 Å². The molecule has 17 heavy (non-hydrogen) atoms. The molecular formula is C12H13NO3S. The first-order valence-electron chi connectivity index (χ1n) is 5.36. The lowest BCUT2D eigenvalue weighted by Gasteiger charge is -1.98. The predicted molar refractivity (Wildman–Crippen MR) is 64.9 cm³/mol. The Hall–Kier alpha value is -1.62. The number of hydrogen-bond donors (Lipinski definition) is 0. The minimum atomic E-state index is -0.288. The molecule has 0 fully saturated rings. The van der Waals surface area contributed by atoms with Gasteiger partial charge >= 0.3 is 5.97 Å². The summed E-state index contributed by atoms with van der Waals surface area (Å²) in [7, 11) is 0. The van der Waals surface area contributed by atoms with E-state index in [1.54, 1.807) is 18.3 Å². The lowest BCUT2D eigenvalue weighted by atomic mass is 10.3. The Bertz CT molecular complexity index is 502. The van der Waals surface area contributed by atoms with Gasteiger partial charge in [-0.15, -0.1) is 11.3 Å². The minimum absolute atomic E-state index is 0.137. The molecule has 4 nitrogen and oxygen atoms in total. The van der Waals surface area contributed by atoms with Gasteiger partial charge in [-0.05, 0) is 25.3 Å². The van der Waals surface area contributed by atoms with E-state index in [1.165, 1.54) is 0 Å². The quantitative estimate of drug-likeness (QED) is 0.784. The van der Waals surface area contributed by atoms with Gasteiger partial charge in [-0.2, -0.15) is 0 Å². The van der Waals surface area contributed by atoms with E-state index < -0.39 is 0 Å². The topological polar surface area (TPSA) is 52.3 Å². The van der Waals surface area contributed by atoms with E-state index in [-0.39, 0.29) is 12.4 Å². The van der Waals surface area contributed by atoms with Gasteiger partial charge in [0.2, 0.25) is 5.89 Å². The predicted octanol–water partition coefficient (Wildman–Crippen LogP) is 2.82. The molecule has 0 amide bonds. The molecule has 0 saturated carbocycles. The van der Waals surface area contributed by atoms with Crippen LogP contribution >= 0.6 is 11.3 Å². The highest BCUT2D eigenvalue weighted by atomic mass is 32.1. The molecule has 0 N–H and O–H groups in total. The molecule has 0 saturated heterocycles. The number of nitrogens with zero attached hydrogens (tertiary/aromatic N) is 1. The summed E-state index contributed by atoms with van der Waals surface area (Å²) < 4.78 is 10.5. The molecule has 0 aliphatic rings. The van der Waals surface area contributed by atoms with Crippen molar-refractivity contribution in [2.24, 2.45) is 0 Å². The SMILES string of the molecule is CCOC(=O)Cc1oc(-c2cccs2)nc1C. The second kappa shape index (κ2) is 5.14. The van der Waals surface area contributed by atoms with Crippen molar-refractivity contribution in [3.63, 3.8) is 0 Å². The van der Waals surface area contributed by atoms with Gasteiger partial charge in [0.1, 0.15) is 12.2 Å². The molecule has 0 unspecified atom stereocenters. The van der Waals surface area contributed by atoms with Crippen molar-refractivity contribution in [2.45, 2.75) is 20.3 Å². The van der Waals surface area contributed by atoms with Crippen molar-refractivity contribution in [1.29, 1.82) is 0 Å². The van der Waals surface area contributed by atoms with Crippen LogP contribution in [0.2, 0.25) is 0 Å². The number of hydrogen-bond acceptors (Lipinski definition) is 5. The van der Waals surface area contributed by atoms with Crippen molar-refractivity contribution < 1.29 is 13.9 Å². The molecule has 0 spiro atoms. The number of esters is 1. The lowest BCUT2D eigenvalue weighted by molar-refractivity contribution is -0.142. The fourth-order valence-electron chi connectivity index (χ4n) is 1.44. The summed E-state index contributed by atoms with van der Waals surface area (Å²) >= 11 is 1.55. The van der Waals surface area contributed by atoms with Crippen molar-refractivity contribution in [3.05, 3.63) is 29.0 Å². The van der Waals surface area contributed by atoms with Crippen LogP contribution in [-0.4, -0.2) is 17.6 Å². The van der Waals surface area contributed by atoms with Gasteiger partial charge in [-0.3, -0.25) is 4.79 Å². The van der Waals surface area contributed by atoms with Crippen LogP contribution in [0.25, 0.3) is 10.8 Å². The lowest BCUT2D eigenvalue weighted by Crippen LogP contribution is -2.07. The number of ether oxygens (including phenoxy) is 1. The molecule has 2 rings (SSSR count). The largest absolute Gasteiger partial charge is 0.466 e. The fourth-order valence-corrected chi connectivity index (χ4v) is 2.09. The van der Waals surface area contributed by atoms with Crippen molar-refractivity contribution in [2.75, 3.05) is 6.61 Å². The zero-order valence-corrected chi connectivity index (χ0v) is 10.5. The highest BCUT2D eigenvalue weighted by molar-refractivity contribution is 7.13. The molecule has 5 heteroatoms. The summed E-state index contributed by atoms with van der Waals surface area (Å²) in [4.78, 5) is 16.6. The standard InChI is InChI=1S/C12H13NO3S/c1-3-15-11(14)7-9-8(2)13-12(16-9)10-5-4-6-17-10/h4-6H,3,7H2,1-2H3. The summed E-state index contributed by atoms with van der Waals surface area (Å²) in [5.41, 5.74) is 0.737. The maximum absolute atomic E-state index is 11.4. The maximum atomic E-state index is 11.4. The Morgan fingerprint density at radius 2 is 2.41 bits per heavy atom. The van der Waals surface area contributed by atoms with Crippen molar-refractivity contribution in [1.82, 2.24) is 4.98 Å². The Morgan fingerprint density at radius 3 is 3.06 bits per heavy atom. The second-order valence-corrected chi connectivity index (χ2v) is 4.43. The Balaban J connectivity index is 2.17. The van der Waals surface area contributed by atoms with Gasteiger partial charge in [0, 0.05) is 0 Å². The molecule has 0 aromatic carbocycles. The molecule has 0 atom stereocenters. The van der Waals surface area contributed by atoms with Crippen LogP contribution < -0.4 is 0 Å².